The Hall–Kier alpha value is -2.85. The number of nitrogens with zero attached hydrogens (tertiary/aromatic N) is 5. The minimum atomic E-state index is -0.304. The van der Waals surface area contributed by atoms with Crippen LogP contribution in [0.25, 0.3) is 16.9 Å². The Morgan fingerprint density at radius 3 is 2.78 bits per heavy atom. The molecule has 0 saturated heterocycles. The third kappa shape index (κ3) is 3.96. The van der Waals surface area contributed by atoms with Crippen molar-refractivity contribution in [3.63, 3.8) is 0 Å². The number of anilines is 1. The topological polar surface area (TPSA) is 85.1 Å². The lowest BCUT2D eigenvalue weighted by Gasteiger charge is -2.03. The summed E-state index contributed by atoms with van der Waals surface area (Å²) in [6.07, 6.45) is 0. The maximum absolute atomic E-state index is 13.1. The van der Waals surface area contributed by atoms with Crippen LogP contribution in [0, 0.1) is 12.7 Å². The van der Waals surface area contributed by atoms with Crippen molar-refractivity contribution in [1.82, 2.24) is 24.8 Å². The maximum atomic E-state index is 13.1. The van der Waals surface area contributed by atoms with Crippen LogP contribution in [0.1, 0.15) is 5.69 Å². The Labute approximate surface area is 161 Å². The number of thioether (sulfide) groups is 1. The van der Waals surface area contributed by atoms with Gasteiger partial charge in [0.05, 0.1) is 17.1 Å². The molecule has 4 rings (SSSR count). The lowest BCUT2D eigenvalue weighted by molar-refractivity contribution is -0.113. The monoisotopic (exact) mass is 400 g/mol. The summed E-state index contributed by atoms with van der Waals surface area (Å²) < 4.78 is 14.7. The predicted octanol–water partition coefficient (Wildman–Crippen LogP) is 3.43. The molecule has 10 heteroatoms. The zero-order valence-electron chi connectivity index (χ0n) is 14.1. The van der Waals surface area contributed by atoms with Crippen molar-refractivity contribution >= 4 is 39.8 Å². The van der Waals surface area contributed by atoms with Crippen LogP contribution in [0.5, 0.6) is 0 Å². The molecule has 3 heterocycles. The molecule has 0 aliphatic carbocycles. The Bertz CT molecular complexity index is 1110. The molecule has 1 N–H and O–H groups in total. The molecule has 0 bridgehead atoms. The molecule has 136 valence electrons. The average molecular weight is 400 g/mol. The van der Waals surface area contributed by atoms with Gasteiger partial charge in [-0.05, 0) is 43.3 Å². The van der Waals surface area contributed by atoms with Crippen molar-refractivity contribution in [2.75, 3.05) is 11.1 Å². The van der Waals surface area contributed by atoms with Gasteiger partial charge in [-0.2, -0.15) is 9.61 Å². The van der Waals surface area contributed by atoms with Crippen molar-refractivity contribution in [3.05, 3.63) is 53.3 Å². The average Bonchev–Trinajstić information content (AvgIpc) is 3.26. The molecule has 0 aliphatic rings. The molecule has 0 saturated carbocycles. The van der Waals surface area contributed by atoms with Gasteiger partial charge in [0.25, 0.3) is 0 Å². The van der Waals surface area contributed by atoms with Gasteiger partial charge in [0.15, 0.2) is 10.8 Å². The summed E-state index contributed by atoms with van der Waals surface area (Å²) in [4.78, 5) is 16.3. The molecule has 1 aromatic carbocycles. The molecule has 27 heavy (non-hydrogen) atoms. The predicted molar refractivity (Wildman–Crippen MR) is 102 cm³/mol. The maximum Gasteiger partial charge on any atom is 0.236 e. The summed E-state index contributed by atoms with van der Waals surface area (Å²) in [5, 5.41) is 18.3. The second kappa shape index (κ2) is 7.41. The van der Waals surface area contributed by atoms with Gasteiger partial charge in [-0.25, -0.2) is 9.37 Å². The van der Waals surface area contributed by atoms with E-state index in [1.165, 1.54) is 35.2 Å². The summed E-state index contributed by atoms with van der Waals surface area (Å²) in [6, 6.07) is 9.65. The molecular weight excluding hydrogens is 387 g/mol. The fraction of sp³-hybridized carbons (Fsp3) is 0.118. The van der Waals surface area contributed by atoms with Crippen LogP contribution in [0.2, 0.25) is 0 Å². The highest BCUT2D eigenvalue weighted by Gasteiger charge is 2.12. The van der Waals surface area contributed by atoms with Crippen LogP contribution in [0.4, 0.5) is 9.52 Å². The molecular formula is C17H13FN6OS2. The summed E-state index contributed by atoms with van der Waals surface area (Å²) in [6.45, 7) is 1.87. The molecule has 0 aliphatic heterocycles. The van der Waals surface area contributed by atoms with Gasteiger partial charge in [-0.3, -0.25) is 4.79 Å². The first kappa shape index (κ1) is 17.6. The number of benzene rings is 1. The largest absolute Gasteiger partial charge is 0.301 e. The molecule has 3 aromatic heterocycles. The zero-order valence-corrected chi connectivity index (χ0v) is 15.7. The fourth-order valence-corrected chi connectivity index (χ4v) is 3.72. The SMILES string of the molecule is Cc1csc(NC(=O)CSc2nnc3ccc(-c4ccc(F)cc4)nn23)n1. The Morgan fingerprint density at radius 2 is 2.04 bits per heavy atom. The third-order valence-corrected chi connectivity index (χ3v) is 5.37. The summed E-state index contributed by atoms with van der Waals surface area (Å²) in [5.41, 5.74) is 2.87. The Balaban J connectivity index is 1.50. The number of carbonyl (C=O) groups is 1. The molecule has 1 amide bonds. The van der Waals surface area contributed by atoms with E-state index in [9.17, 15) is 9.18 Å². The van der Waals surface area contributed by atoms with Gasteiger partial charge in [0.1, 0.15) is 5.82 Å². The van der Waals surface area contributed by atoms with Crippen molar-refractivity contribution in [2.24, 2.45) is 0 Å². The minimum Gasteiger partial charge on any atom is -0.301 e. The van der Waals surface area contributed by atoms with Crippen LogP contribution in [0.3, 0.4) is 0 Å². The van der Waals surface area contributed by atoms with E-state index in [0.717, 1.165) is 11.3 Å². The number of nitrogens with one attached hydrogen (secondary N) is 1. The summed E-state index contributed by atoms with van der Waals surface area (Å²) >= 11 is 2.61. The highest BCUT2D eigenvalue weighted by molar-refractivity contribution is 7.99. The van der Waals surface area contributed by atoms with Gasteiger partial charge in [0, 0.05) is 10.9 Å². The number of rotatable bonds is 5. The Kier molecular flexibility index (Phi) is 4.82. The fourth-order valence-electron chi connectivity index (χ4n) is 2.33. The standard InChI is InChI=1S/C17H13FN6OS2/c1-10-8-26-16(19-10)20-15(25)9-27-17-22-21-14-7-6-13(23-24(14)17)11-2-4-12(18)5-3-11/h2-8H,9H2,1H3,(H,19,20,25). The van der Waals surface area contributed by atoms with Crippen LogP contribution in [-0.2, 0) is 4.79 Å². The van der Waals surface area contributed by atoms with E-state index < -0.39 is 0 Å². The number of aryl methyl sites for hydroxylation is 1. The lowest BCUT2D eigenvalue weighted by atomic mass is 10.1. The van der Waals surface area contributed by atoms with Gasteiger partial charge in [0.2, 0.25) is 11.1 Å². The van der Waals surface area contributed by atoms with Crippen molar-refractivity contribution in [1.29, 1.82) is 0 Å². The first-order valence-electron chi connectivity index (χ1n) is 7.92. The second-order valence-electron chi connectivity index (χ2n) is 5.61. The van der Waals surface area contributed by atoms with E-state index >= 15 is 0 Å². The normalized spacial score (nSPS) is 11.0. The van der Waals surface area contributed by atoms with Crippen LogP contribution in [-0.4, -0.2) is 36.5 Å². The van der Waals surface area contributed by atoms with Gasteiger partial charge >= 0.3 is 0 Å². The van der Waals surface area contributed by atoms with Crippen LogP contribution < -0.4 is 5.32 Å². The molecule has 0 spiro atoms. The number of thiazole rings is 1. The van der Waals surface area contributed by atoms with E-state index in [1.54, 1.807) is 28.8 Å². The number of fused-ring (bicyclic) bond motifs is 1. The van der Waals surface area contributed by atoms with Gasteiger partial charge in [-0.1, -0.05) is 11.8 Å². The molecule has 0 fully saturated rings. The van der Waals surface area contributed by atoms with E-state index in [1.807, 2.05) is 12.3 Å². The summed E-state index contributed by atoms with van der Waals surface area (Å²) in [7, 11) is 0. The quantitative estimate of drug-likeness (QED) is 0.517. The minimum absolute atomic E-state index is 0.155. The van der Waals surface area contributed by atoms with Crippen molar-refractivity contribution in [2.45, 2.75) is 12.1 Å². The number of carbonyl (C=O) groups excluding carboxylic acids is 1. The molecule has 0 unspecified atom stereocenters. The van der Waals surface area contributed by atoms with Gasteiger partial charge in [-0.15, -0.1) is 21.5 Å². The summed E-state index contributed by atoms with van der Waals surface area (Å²) in [5.74, 6) is -0.329. The van der Waals surface area contributed by atoms with Crippen molar-refractivity contribution in [3.8, 4) is 11.3 Å². The van der Waals surface area contributed by atoms with E-state index in [2.05, 4.69) is 25.6 Å². The smallest absolute Gasteiger partial charge is 0.236 e. The number of halogens is 1. The molecule has 0 radical (unpaired) electrons. The molecule has 7 nitrogen and oxygen atoms in total. The van der Waals surface area contributed by atoms with Gasteiger partial charge < -0.3 is 5.32 Å². The number of hydrogen-bond acceptors (Lipinski definition) is 7. The number of hydrogen-bond donors (Lipinski definition) is 1. The third-order valence-electron chi connectivity index (χ3n) is 3.57. The van der Waals surface area contributed by atoms with Crippen LogP contribution in [0.15, 0.2) is 46.9 Å². The van der Waals surface area contributed by atoms with Crippen molar-refractivity contribution < 1.29 is 9.18 Å². The number of aromatic nitrogens is 5. The first-order valence-corrected chi connectivity index (χ1v) is 9.78. The first-order chi connectivity index (χ1) is 13.1. The Morgan fingerprint density at radius 1 is 1.22 bits per heavy atom. The second-order valence-corrected chi connectivity index (χ2v) is 7.41. The molecule has 4 aromatic rings. The lowest BCUT2D eigenvalue weighted by Crippen LogP contribution is -2.14. The molecule has 0 atom stereocenters. The highest BCUT2D eigenvalue weighted by Crippen LogP contribution is 2.21. The van der Waals surface area contributed by atoms with E-state index in [-0.39, 0.29) is 17.5 Å². The van der Waals surface area contributed by atoms with Crippen LogP contribution >= 0.6 is 23.1 Å². The van der Waals surface area contributed by atoms with E-state index in [0.29, 0.717) is 21.6 Å². The highest BCUT2D eigenvalue weighted by atomic mass is 32.2. The zero-order chi connectivity index (χ0) is 18.8. The van der Waals surface area contributed by atoms with E-state index in [4.69, 9.17) is 0 Å². The number of amides is 1.